The maximum absolute atomic E-state index is 14.8. The number of pyridine rings is 2. The number of fused-ring (bicyclic) bond motifs is 4. The molecule has 1 fully saturated rings. The van der Waals surface area contributed by atoms with Gasteiger partial charge in [-0.15, -0.1) is 0 Å². The Morgan fingerprint density at radius 3 is 2.73 bits per heavy atom. The first-order chi connectivity index (χ1) is 14.6. The molecule has 1 aliphatic carbocycles. The summed E-state index contributed by atoms with van der Waals surface area (Å²) in [6.07, 6.45) is 5.10. The highest BCUT2D eigenvalue weighted by molar-refractivity contribution is 6.31. The summed E-state index contributed by atoms with van der Waals surface area (Å²) in [6.45, 7) is 2.60. The molecule has 0 saturated carbocycles. The minimum Gasteiger partial charge on any atom is -0.461 e. The summed E-state index contributed by atoms with van der Waals surface area (Å²) < 4.78 is 21.4. The third-order valence-corrected chi connectivity index (χ3v) is 5.66. The fourth-order valence-corrected chi connectivity index (χ4v) is 4.27. The van der Waals surface area contributed by atoms with Crippen molar-refractivity contribution in [3.63, 3.8) is 0 Å². The molecule has 7 nitrogen and oxygen atoms in total. The van der Waals surface area contributed by atoms with Gasteiger partial charge in [-0.1, -0.05) is 0 Å². The van der Waals surface area contributed by atoms with Gasteiger partial charge in [-0.3, -0.25) is 19.5 Å². The van der Waals surface area contributed by atoms with Crippen LogP contribution >= 0.6 is 0 Å². The third-order valence-electron chi connectivity index (χ3n) is 5.66. The fourth-order valence-electron chi connectivity index (χ4n) is 4.27. The van der Waals surface area contributed by atoms with Crippen molar-refractivity contribution in [1.82, 2.24) is 14.3 Å². The minimum absolute atomic E-state index is 0.00684. The second-order valence-corrected chi connectivity index (χ2v) is 7.42. The molecule has 3 aromatic heterocycles. The lowest BCUT2D eigenvalue weighted by atomic mass is 9.89. The van der Waals surface area contributed by atoms with Crippen LogP contribution in [0.5, 0.6) is 0 Å². The van der Waals surface area contributed by atoms with Crippen LogP contribution in [-0.2, 0) is 4.74 Å². The summed E-state index contributed by atoms with van der Waals surface area (Å²) in [6, 6.07) is 5.62. The lowest BCUT2D eigenvalue weighted by Gasteiger charge is -2.15. The van der Waals surface area contributed by atoms with E-state index in [1.807, 2.05) is 0 Å². The normalized spacial score (nSPS) is 16.0. The number of rotatable bonds is 4. The molecule has 8 heteroatoms. The highest BCUT2D eigenvalue weighted by atomic mass is 19.1. The van der Waals surface area contributed by atoms with Gasteiger partial charge in [-0.05, 0) is 50.2 Å². The van der Waals surface area contributed by atoms with Gasteiger partial charge in [0.25, 0.3) is 0 Å². The monoisotopic (exact) mass is 407 g/mol. The molecule has 0 atom stereocenters. The Kier molecular flexibility index (Phi) is 4.43. The van der Waals surface area contributed by atoms with E-state index in [4.69, 9.17) is 4.74 Å². The van der Waals surface area contributed by atoms with Gasteiger partial charge in [0.2, 0.25) is 5.78 Å². The Morgan fingerprint density at radius 2 is 1.93 bits per heavy atom. The van der Waals surface area contributed by atoms with Gasteiger partial charge in [0.1, 0.15) is 29.4 Å². The molecule has 2 aliphatic rings. The van der Waals surface area contributed by atoms with Crippen LogP contribution in [0.15, 0.2) is 36.7 Å². The molecule has 0 N–H and O–H groups in total. The number of hydrogen-bond donors (Lipinski definition) is 0. The number of likely N-dealkylation sites (tertiary alicyclic amines) is 1. The maximum Gasteiger partial charge on any atom is 0.341 e. The van der Waals surface area contributed by atoms with Gasteiger partial charge < -0.3 is 9.14 Å². The van der Waals surface area contributed by atoms with Gasteiger partial charge in [0.15, 0.2) is 5.78 Å². The Balaban J connectivity index is 1.61. The molecule has 0 spiro atoms. The Labute approximate surface area is 171 Å². The Hall–Kier alpha value is -3.39. The largest absolute Gasteiger partial charge is 0.461 e. The van der Waals surface area contributed by atoms with Crippen molar-refractivity contribution in [3.8, 4) is 0 Å². The molecule has 0 unspecified atom stereocenters. The highest BCUT2D eigenvalue weighted by Gasteiger charge is 2.40. The van der Waals surface area contributed by atoms with Crippen LogP contribution in [0.2, 0.25) is 0 Å². The zero-order chi connectivity index (χ0) is 20.8. The van der Waals surface area contributed by atoms with Crippen molar-refractivity contribution in [2.24, 2.45) is 0 Å². The predicted molar refractivity (Wildman–Crippen MR) is 104 cm³/mol. The summed E-state index contributed by atoms with van der Waals surface area (Å²) in [5.74, 6) is -2.60. The van der Waals surface area contributed by atoms with E-state index in [9.17, 15) is 18.8 Å². The number of aromatic nitrogens is 2. The molecule has 30 heavy (non-hydrogen) atoms. The second kappa shape index (κ2) is 7.14. The molecule has 5 rings (SSSR count). The van der Waals surface area contributed by atoms with E-state index in [1.54, 1.807) is 6.07 Å². The number of halogens is 1. The smallest absolute Gasteiger partial charge is 0.341 e. The van der Waals surface area contributed by atoms with E-state index in [-0.39, 0.29) is 40.2 Å². The molecule has 1 aliphatic heterocycles. The first-order valence-corrected chi connectivity index (χ1v) is 9.84. The molecular formula is C22H18FN3O4. The average Bonchev–Trinajstić information content (AvgIpc) is 3.39. The molecule has 4 heterocycles. The van der Waals surface area contributed by atoms with Gasteiger partial charge in [-0.25, -0.2) is 9.18 Å². The van der Waals surface area contributed by atoms with Crippen molar-refractivity contribution >= 4 is 23.1 Å². The van der Waals surface area contributed by atoms with E-state index in [0.717, 1.165) is 25.9 Å². The van der Waals surface area contributed by atoms with Gasteiger partial charge in [0, 0.05) is 18.9 Å². The highest BCUT2D eigenvalue weighted by Crippen LogP contribution is 2.34. The van der Waals surface area contributed by atoms with Crippen molar-refractivity contribution in [1.29, 1.82) is 0 Å². The number of carbonyl (C=O) groups is 3. The zero-order valence-corrected chi connectivity index (χ0v) is 16.1. The molecule has 0 bridgehead atoms. The van der Waals surface area contributed by atoms with Crippen molar-refractivity contribution in [3.05, 3.63) is 70.6 Å². The molecule has 0 radical (unpaired) electrons. The van der Waals surface area contributed by atoms with E-state index >= 15 is 0 Å². The van der Waals surface area contributed by atoms with Crippen LogP contribution in [0.1, 0.15) is 55.3 Å². The van der Waals surface area contributed by atoms with Crippen LogP contribution in [0.4, 0.5) is 4.39 Å². The van der Waals surface area contributed by atoms with Gasteiger partial charge >= 0.3 is 5.97 Å². The summed E-state index contributed by atoms with van der Waals surface area (Å²) in [4.78, 5) is 45.5. The van der Waals surface area contributed by atoms with Crippen molar-refractivity contribution in [2.45, 2.75) is 12.8 Å². The van der Waals surface area contributed by atoms with E-state index in [2.05, 4.69) is 9.88 Å². The van der Waals surface area contributed by atoms with Crippen molar-refractivity contribution < 1.29 is 23.5 Å². The molecule has 3 aromatic rings. The number of esters is 1. The molecule has 0 amide bonds. The quantitative estimate of drug-likeness (QED) is 0.484. The van der Waals surface area contributed by atoms with Crippen molar-refractivity contribution in [2.75, 3.05) is 26.2 Å². The van der Waals surface area contributed by atoms with Crippen LogP contribution < -0.4 is 0 Å². The average molecular weight is 407 g/mol. The van der Waals surface area contributed by atoms with Crippen LogP contribution in [-0.4, -0.2) is 58.1 Å². The summed E-state index contributed by atoms with van der Waals surface area (Å²) in [7, 11) is 0. The maximum atomic E-state index is 14.8. The molecule has 152 valence electrons. The number of ketones is 2. The Bertz CT molecular complexity index is 1210. The van der Waals surface area contributed by atoms with Gasteiger partial charge in [-0.2, -0.15) is 0 Å². The second-order valence-electron chi connectivity index (χ2n) is 7.42. The lowest BCUT2D eigenvalue weighted by Crippen LogP contribution is -2.26. The first-order valence-electron chi connectivity index (χ1n) is 9.84. The van der Waals surface area contributed by atoms with Gasteiger partial charge in [0.05, 0.1) is 16.6 Å². The number of carbonyl (C=O) groups excluding carboxylic acids is 3. The zero-order valence-electron chi connectivity index (χ0n) is 16.1. The van der Waals surface area contributed by atoms with Crippen LogP contribution in [0.3, 0.4) is 0 Å². The van der Waals surface area contributed by atoms with E-state index in [0.29, 0.717) is 6.54 Å². The summed E-state index contributed by atoms with van der Waals surface area (Å²) >= 11 is 0. The SMILES string of the molecule is O=C1c2cccnc2C(=O)c2c1c(C(=O)OCCN1CCCC1)c1c(F)cccn21. The topological polar surface area (TPSA) is 81.0 Å². The van der Waals surface area contributed by atoms with Crippen LogP contribution in [0, 0.1) is 5.82 Å². The third kappa shape index (κ3) is 2.75. The predicted octanol–water partition coefficient (Wildman–Crippen LogP) is 2.50. The lowest BCUT2D eigenvalue weighted by molar-refractivity contribution is 0.0472. The minimum atomic E-state index is -0.813. The van der Waals surface area contributed by atoms with Crippen LogP contribution in [0.25, 0.3) is 5.52 Å². The summed E-state index contributed by atoms with van der Waals surface area (Å²) in [5, 5.41) is 0. The number of hydrogen-bond acceptors (Lipinski definition) is 6. The Morgan fingerprint density at radius 1 is 1.13 bits per heavy atom. The van der Waals surface area contributed by atoms with E-state index < -0.39 is 23.4 Å². The molecular weight excluding hydrogens is 389 g/mol. The molecule has 1 saturated heterocycles. The number of nitrogens with zero attached hydrogens (tertiary/aromatic N) is 3. The fraction of sp³-hybridized carbons (Fsp3) is 0.273. The number of ether oxygens (including phenoxy) is 1. The first kappa shape index (κ1) is 18.6. The summed E-state index contributed by atoms with van der Waals surface area (Å²) in [5.41, 5.74) is -0.449. The van der Waals surface area contributed by atoms with E-state index in [1.165, 1.54) is 35.0 Å². The molecule has 0 aromatic carbocycles. The standard InChI is InChI=1S/C22H18FN3O4/c23-14-6-4-10-26-18(14)16(22(29)30-12-11-25-8-1-2-9-25)15-19(26)21(28)17-13(20(15)27)5-3-7-24-17/h3-7,10H,1-2,8-9,11-12H2.